The Balaban J connectivity index is 1.48. The van der Waals surface area contributed by atoms with Gasteiger partial charge in [0.05, 0.1) is 12.2 Å². The molecule has 0 bridgehead atoms. The number of oxazole rings is 1. The van der Waals surface area contributed by atoms with Crippen molar-refractivity contribution in [2.24, 2.45) is 5.92 Å². The first-order valence-corrected chi connectivity index (χ1v) is 9.29. The standard InChI is InChI=1S/C19H22N6O2/c1-2-12-13(5-6-22-16(12)8-20)19(26)23-11-3-4-15-14(7-11)18(25-24-15)17-9-21-10-27-17/h5-6,9-11,14-15,18,24-25H,2-4,7H2,1H3,(H,23,26). The van der Waals surface area contributed by atoms with Crippen LogP contribution in [-0.4, -0.2) is 28.0 Å². The van der Waals surface area contributed by atoms with Crippen LogP contribution in [0.3, 0.4) is 0 Å². The van der Waals surface area contributed by atoms with Crippen molar-refractivity contribution < 1.29 is 9.21 Å². The van der Waals surface area contributed by atoms with Gasteiger partial charge >= 0.3 is 0 Å². The van der Waals surface area contributed by atoms with E-state index in [2.05, 4.69) is 32.2 Å². The molecule has 1 aliphatic carbocycles. The largest absolute Gasteiger partial charge is 0.447 e. The smallest absolute Gasteiger partial charge is 0.251 e. The van der Waals surface area contributed by atoms with Gasteiger partial charge in [0.25, 0.3) is 5.91 Å². The molecule has 27 heavy (non-hydrogen) atoms. The van der Waals surface area contributed by atoms with E-state index in [9.17, 15) is 10.1 Å². The average Bonchev–Trinajstić information content (AvgIpc) is 3.36. The molecule has 2 aliphatic rings. The van der Waals surface area contributed by atoms with Crippen molar-refractivity contribution in [3.8, 4) is 6.07 Å². The van der Waals surface area contributed by atoms with Gasteiger partial charge in [0.15, 0.2) is 6.39 Å². The third kappa shape index (κ3) is 3.31. The summed E-state index contributed by atoms with van der Waals surface area (Å²) in [4.78, 5) is 20.9. The zero-order valence-electron chi connectivity index (χ0n) is 15.1. The van der Waals surface area contributed by atoms with Gasteiger partial charge in [-0.05, 0) is 31.7 Å². The second kappa shape index (κ2) is 7.47. The number of nitrogens with one attached hydrogen (secondary N) is 3. The van der Waals surface area contributed by atoms with E-state index in [0.29, 0.717) is 35.2 Å². The van der Waals surface area contributed by atoms with Crippen molar-refractivity contribution in [3.05, 3.63) is 47.4 Å². The predicted molar refractivity (Wildman–Crippen MR) is 96.2 cm³/mol. The van der Waals surface area contributed by atoms with E-state index >= 15 is 0 Å². The Morgan fingerprint density at radius 3 is 3.07 bits per heavy atom. The number of nitrogens with zero attached hydrogens (tertiary/aromatic N) is 3. The summed E-state index contributed by atoms with van der Waals surface area (Å²) in [6, 6.07) is 4.25. The van der Waals surface area contributed by atoms with Crippen molar-refractivity contribution in [1.29, 1.82) is 5.26 Å². The minimum absolute atomic E-state index is 0.0505. The highest BCUT2D eigenvalue weighted by Gasteiger charge is 2.42. The summed E-state index contributed by atoms with van der Waals surface area (Å²) in [6.07, 6.45) is 8.01. The maximum atomic E-state index is 12.9. The first-order chi connectivity index (χ1) is 13.2. The SMILES string of the molecule is CCc1c(C(=O)NC2CCC3NNC(c4cnco4)C3C2)ccnc1C#N. The van der Waals surface area contributed by atoms with Gasteiger partial charge in [-0.25, -0.2) is 15.4 Å². The third-order valence-electron chi connectivity index (χ3n) is 5.61. The molecule has 3 N–H and O–H groups in total. The summed E-state index contributed by atoms with van der Waals surface area (Å²) in [6.45, 7) is 1.93. The molecule has 4 atom stereocenters. The monoisotopic (exact) mass is 366 g/mol. The molecule has 4 rings (SSSR count). The molecule has 0 aromatic carbocycles. The highest BCUT2D eigenvalue weighted by atomic mass is 16.3. The molecule has 0 spiro atoms. The molecule has 2 aromatic heterocycles. The number of carbonyl (C=O) groups is 1. The molecular weight excluding hydrogens is 344 g/mol. The number of hydrogen-bond acceptors (Lipinski definition) is 7. The molecule has 2 fully saturated rings. The van der Waals surface area contributed by atoms with Gasteiger partial charge in [0.1, 0.15) is 17.5 Å². The topological polar surface area (TPSA) is 116 Å². The van der Waals surface area contributed by atoms with Gasteiger partial charge < -0.3 is 9.73 Å². The second-order valence-corrected chi connectivity index (χ2v) is 7.07. The third-order valence-corrected chi connectivity index (χ3v) is 5.61. The van der Waals surface area contributed by atoms with Gasteiger partial charge in [-0.2, -0.15) is 5.26 Å². The van der Waals surface area contributed by atoms with Crippen LogP contribution in [0.15, 0.2) is 29.3 Å². The molecule has 1 amide bonds. The number of pyridine rings is 1. The summed E-state index contributed by atoms with van der Waals surface area (Å²) >= 11 is 0. The number of carbonyl (C=O) groups excluding carboxylic acids is 1. The highest BCUT2D eigenvalue weighted by molar-refractivity contribution is 5.96. The van der Waals surface area contributed by atoms with Crippen LogP contribution in [0.5, 0.6) is 0 Å². The van der Waals surface area contributed by atoms with Crippen LogP contribution in [0.1, 0.15) is 59.6 Å². The van der Waals surface area contributed by atoms with E-state index in [4.69, 9.17) is 4.42 Å². The van der Waals surface area contributed by atoms with E-state index < -0.39 is 0 Å². The molecule has 4 unspecified atom stereocenters. The van der Waals surface area contributed by atoms with Crippen LogP contribution in [0.2, 0.25) is 0 Å². The first kappa shape index (κ1) is 17.6. The lowest BCUT2D eigenvalue weighted by atomic mass is 9.78. The van der Waals surface area contributed by atoms with Gasteiger partial charge in [-0.1, -0.05) is 6.92 Å². The zero-order chi connectivity index (χ0) is 18.8. The molecule has 140 valence electrons. The lowest BCUT2D eigenvalue weighted by Gasteiger charge is -2.33. The minimum atomic E-state index is -0.135. The van der Waals surface area contributed by atoms with Crippen LogP contribution in [0.4, 0.5) is 0 Å². The van der Waals surface area contributed by atoms with Crippen molar-refractivity contribution in [3.63, 3.8) is 0 Å². The zero-order valence-corrected chi connectivity index (χ0v) is 15.1. The summed E-state index contributed by atoms with van der Waals surface area (Å²) in [5.74, 6) is 0.988. The Bertz CT molecular complexity index is 860. The van der Waals surface area contributed by atoms with E-state index in [-0.39, 0.29) is 18.0 Å². The van der Waals surface area contributed by atoms with Crippen LogP contribution < -0.4 is 16.2 Å². The van der Waals surface area contributed by atoms with Crippen molar-refractivity contribution >= 4 is 5.91 Å². The lowest BCUT2D eigenvalue weighted by Crippen LogP contribution is -2.44. The first-order valence-electron chi connectivity index (χ1n) is 9.29. The van der Waals surface area contributed by atoms with Crippen LogP contribution >= 0.6 is 0 Å². The number of rotatable bonds is 4. The van der Waals surface area contributed by atoms with Crippen molar-refractivity contribution in [2.45, 2.75) is 50.7 Å². The van der Waals surface area contributed by atoms with Crippen LogP contribution in [-0.2, 0) is 6.42 Å². The Hall–Kier alpha value is -2.76. The van der Waals surface area contributed by atoms with Gasteiger partial charge in [-0.3, -0.25) is 10.2 Å². The van der Waals surface area contributed by atoms with Crippen molar-refractivity contribution in [2.75, 3.05) is 0 Å². The number of fused-ring (bicyclic) bond motifs is 1. The van der Waals surface area contributed by atoms with Gasteiger partial charge in [-0.15, -0.1) is 0 Å². The lowest BCUT2D eigenvalue weighted by molar-refractivity contribution is 0.0913. The maximum Gasteiger partial charge on any atom is 0.251 e. The summed E-state index contributed by atoms with van der Waals surface area (Å²) in [5.41, 5.74) is 8.21. The molecule has 3 heterocycles. The Kier molecular flexibility index (Phi) is 4.88. The highest BCUT2D eigenvalue weighted by Crippen LogP contribution is 2.38. The summed E-state index contributed by atoms with van der Waals surface area (Å²) < 4.78 is 5.47. The predicted octanol–water partition coefficient (Wildman–Crippen LogP) is 1.62. The molecule has 2 aromatic rings. The summed E-state index contributed by atoms with van der Waals surface area (Å²) in [7, 11) is 0. The Morgan fingerprint density at radius 1 is 1.44 bits per heavy atom. The fourth-order valence-corrected chi connectivity index (χ4v) is 4.27. The number of nitriles is 1. The van der Waals surface area contributed by atoms with E-state index in [1.165, 1.54) is 12.6 Å². The Labute approximate surface area is 157 Å². The normalized spacial score (nSPS) is 27.0. The van der Waals surface area contributed by atoms with Crippen molar-refractivity contribution in [1.82, 2.24) is 26.1 Å². The molecule has 8 heteroatoms. The number of aromatic nitrogens is 2. The summed E-state index contributed by atoms with van der Waals surface area (Å²) in [5, 5.41) is 12.4. The maximum absolute atomic E-state index is 12.9. The number of hydrogen-bond donors (Lipinski definition) is 3. The molecule has 0 radical (unpaired) electrons. The van der Waals surface area contributed by atoms with Gasteiger partial charge in [0.2, 0.25) is 0 Å². The molecule has 1 saturated heterocycles. The fraction of sp³-hybridized carbons (Fsp3) is 0.474. The van der Waals surface area contributed by atoms with Crippen LogP contribution in [0.25, 0.3) is 0 Å². The molecule has 1 saturated carbocycles. The fourth-order valence-electron chi connectivity index (χ4n) is 4.27. The molecule has 8 nitrogen and oxygen atoms in total. The second-order valence-electron chi connectivity index (χ2n) is 7.07. The number of amides is 1. The van der Waals surface area contributed by atoms with E-state index in [0.717, 1.165) is 25.0 Å². The molecule has 1 aliphatic heterocycles. The molecular formula is C19H22N6O2. The quantitative estimate of drug-likeness (QED) is 0.753. The van der Waals surface area contributed by atoms with E-state index in [1.54, 1.807) is 12.3 Å². The minimum Gasteiger partial charge on any atom is -0.447 e. The van der Waals surface area contributed by atoms with Crippen LogP contribution in [0, 0.1) is 17.2 Å². The number of hydrazine groups is 1. The van der Waals surface area contributed by atoms with E-state index in [1.807, 2.05) is 6.92 Å². The van der Waals surface area contributed by atoms with Gasteiger partial charge in [0, 0.05) is 35.3 Å². The average molecular weight is 366 g/mol. The Morgan fingerprint density at radius 2 is 2.33 bits per heavy atom.